The smallest absolute Gasteiger partial charge is 0.257 e. The van der Waals surface area contributed by atoms with Gasteiger partial charge >= 0.3 is 0 Å². The number of carbonyl (C=O) groups is 1. The van der Waals surface area contributed by atoms with Gasteiger partial charge in [0.1, 0.15) is 11.6 Å². The highest BCUT2D eigenvalue weighted by atomic mass is 19.1. The van der Waals surface area contributed by atoms with E-state index in [1.807, 2.05) is 0 Å². The van der Waals surface area contributed by atoms with E-state index in [2.05, 4.69) is 5.32 Å². The van der Waals surface area contributed by atoms with Crippen molar-refractivity contribution in [3.05, 3.63) is 29.6 Å². The third kappa shape index (κ3) is 3.21. The molecule has 15 heavy (non-hydrogen) atoms. The molecule has 1 aromatic rings. The van der Waals surface area contributed by atoms with Gasteiger partial charge in [0.05, 0.1) is 0 Å². The molecular weight excluding hydrogens is 199 g/mol. The van der Waals surface area contributed by atoms with Gasteiger partial charge in [0.2, 0.25) is 0 Å². The largest absolute Gasteiger partial charge is 0.483 e. The van der Waals surface area contributed by atoms with E-state index in [4.69, 9.17) is 10.5 Å². The van der Waals surface area contributed by atoms with Crippen molar-refractivity contribution in [1.29, 1.82) is 0 Å². The maximum absolute atomic E-state index is 12.8. The third-order valence-electron chi connectivity index (χ3n) is 1.88. The first-order valence-electron chi connectivity index (χ1n) is 4.49. The summed E-state index contributed by atoms with van der Waals surface area (Å²) >= 11 is 0. The van der Waals surface area contributed by atoms with Crippen molar-refractivity contribution >= 4 is 5.91 Å². The predicted molar refractivity (Wildman–Crippen MR) is 53.9 cm³/mol. The molecule has 0 bridgehead atoms. The van der Waals surface area contributed by atoms with E-state index in [1.165, 1.54) is 25.2 Å². The number of carbonyl (C=O) groups excluding carboxylic acids is 1. The summed E-state index contributed by atoms with van der Waals surface area (Å²) in [6.45, 7) is 0.0654. The van der Waals surface area contributed by atoms with Crippen LogP contribution in [0, 0.1) is 5.82 Å². The highest BCUT2D eigenvalue weighted by Gasteiger charge is 2.05. The molecule has 1 amide bonds. The molecule has 1 aromatic carbocycles. The van der Waals surface area contributed by atoms with Crippen LogP contribution in [-0.2, 0) is 11.3 Å². The molecule has 0 heterocycles. The number of nitrogens with two attached hydrogens (primary N) is 1. The summed E-state index contributed by atoms with van der Waals surface area (Å²) in [6.07, 6.45) is 0. The van der Waals surface area contributed by atoms with Gasteiger partial charge in [-0.05, 0) is 18.2 Å². The third-order valence-corrected chi connectivity index (χ3v) is 1.88. The van der Waals surface area contributed by atoms with E-state index in [-0.39, 0.29) is 24.9 Å². The van der Waals surface area contributed by atoms with Crippen molar-refractivity contribution in [1.82, 2.24) is 5.32 Å². The molecule has 0 atom stereocenters. The first-order chi connectivity index (χ1) is 7.17. The second-order valence-electron chi connectivity index (χ2n) is 2.92. The van der Waals surface area contributed by atoms with Gasteiger partial charge in [-0.2, -0.15) is 0 Å². The van der Waals surface area contributed by atoms with E-state index < -0.39 is 0 Å². The van der Waals surface area contributed by atoms with E-state index in [0.29, 0.717) is 11.3 Å². The quantitative estimate of drug-likeness (QED) is 0.759. The molecule has 4 nitrogen and oxygen atoms in total. The Balaban J connectivity index is 2.72. The predicted octanol–water partition coefficient (Wildman–Crippen LogP) is 0.409. The summed E-state index contributed by atoms with van der Waals surface area (Å²) < 4.78 is 18.0. The van der Waals surface area contributed by atoms with E-state index in [0.717, 1.165) is 0 Å². The Morgan fingerprint density at radius 1 is 1.60 bits per heavy atom. The van der Waals surface area contributed by atoms with Crippen LogP contribution in [0.2, 0.25) is 0 Å². The molecule has 0 saturated heterocycles. The first kappa shape index (κ1) is 11.5. The lowest BCUT2D eigenvalue weighted by Crippen LogP contribution is -2.25. The zero-order valence-electron chi connectivity index (χ0n) is 8.42. The number of ether oxygens (including phenoxy) is 1. The van der Waals surface area contributed by atoms with E-state index in [9.17, 15) is 9.18 Å². The van der Waals surface area contributed by atoms with Crippen molar-refractivity contribution in [3.63, 3.8) is 0 Å². The van der Waals surface area contributed by atoms with E-state index >= 15 is 0 Å². The van der Waals surface area contributed by atoms with Gasteiger partial charge in [-0.15, -0.1) is 0 Å². The minimum absolute atomic E-state index is 0.102. The molecule has 3 N–H and O–H groups in total. The number of halogens is 1. The number of amides is 1. The molecule has 1 rings (SSSR count). The Hall–Kier alpha value is -1.62. The molecule has 0 aliphatic heterocycles. The fourth-order valence-corrected chi connectivity index (χ4v) is 1.06. The second kappa shape index (κ2) is 5.31. The minimum atomic E-state index is -0.372. The number of likely N-dealkylation sites (N-methyl/N-ethyl adjacent to an activating group) is 1. The van der Waals surface area contributed by atoms with Gasteiger partial charge in [-0.25, -0.2) is 4.39 Å². The molecule has 82 valence electrons. The Morgan fingerprint density at radius 2 is 2.33 bits per heavy atom. The van der Waals surface area contributed by atoms with Gasteiger partial charge < -0.3 is 15.8 Å². The summed E-state index contributed by atoms with van der Waals surface area (Å²) in [4.78, 5) is 10.9. The van der Waals surface area contributed by atoms with Gasteiger partial charge in [0, 0.05) is 19.2 Å². The number of rotatable bonds is 4. The van der Waals surface area contributed by atoms with Gasteiger partial charge in [-0.3, -0.25) is 4.79 Å². The maximum atomic E-state index is 12.8. The van der Waals surface area contributed by atoms with Gasteiger partial charge in [0.25, 0.3) is 5.91 Å². The summed E-state index contributed by atoms with van der Waals surface area (Å²) in [5, 5.41) is 2.41. The van der Waals surface area contributed by atoms with Crippen molar-refractivity contribution in [2.45, 2.75) is 6.54 Å². The summed E-state index contributed by atoms with van der Waals surface area (Å²) in [6, 6.07) is 4.01. The fraction of sp³-hybridized carbons (Fsp3) is 0.300. The van der Waals surface area contributed by atoms with Crippen LogP contribution in [0.1, 0.15) is 5.56 Å². The summed E-state index contributed by atoms with van der Waals surface area (Å²) in [5.41, 5.74) is 5.95. The first-order valence-corrected chi connectivity index (χ1v) is 4.49. The minimum Gasteiger partial charge on any atom is -0.483 e. The lowest BCUT2D eigenvalue weighted by Gasteiger charge is -2.09. The molecule has 0 aliphatic rings. The van der Waals surface area contributed by atoms with Crippen molar-refractivity contribution in [2.24, 2.45) is 5.73 Å². The monoisotopic (exact) mass is 212 g/mol. The molecule has 0 fully saturated rings. The van der Waals surface area contributed by atoms with Crippen LogP contribution < -0.4 is 15.8 Å². The molecular formula is C10H13FN2O2. The molecule has 0 spiro atoms. The Bertz CT molecular complexity index is 355. The Labute approximate surface area is 87.2 Å². The lowest BCUT2D eigenvalue weighted by atomic mass is 10.2. The highest BCUT2D eigenvalue weighted by molar-refractivity contribution is 5.77. The second-order valence-corrected chi connectivity index (χ2v) is 2.92. The van der Waals surface area contributed by atoms with Crippen LogP contribution in [0.5, 0.6) is 5.75 Å². The van der Waals surface area contributed by atoms with Crippen molar-refractivity contribution in [3.8, 4) is 5.75 Å². The van der Waals surface area contributed by atoms with Crippen molar-refractivity contribution < 1.29 is 13.9 Å². The van der Waals surface area contributed by atoms with Crippen LogP contribution >= 0.6 is 0 Å². The molecule has 0 radical (unpaired) electrons. The highest BCUT2D eigenvalue weighted by Crippen LogP contribution is 2.18. The average Bonchev–Trinajstić information content (AvgIpc) is 2.26. The Morgan fingerprint density at radius 3 is 2.93 bits per heavy atom. The number of hydrogen-bond donors (Lipinski definition) is 2. The topological polar surface area (TPSA) is 64.3 Å². The van der Waals surface area contributed by atoms with Crippen LogP contribution in [-0.4, -0.2) is 19.6 Å². The number of benzene rings is 1. The molecule has 0 aromatic heterocycles. The number of nitrogens with one attached hydrogen (secondary N) is 1. The standard InChI is InChI=1S/C10H13FN2O2/c1-13-10(14)6-15-9-3-2-8(11)4-7(9)5-12/h2-4H,5-6,12H2,1H3,(H,13,14). The summed E-state index contributed by atoms with van der Waals surface area (Å²) in [5.74, 6) is -0.187. The molecule has 0 saturated carbocycles. The zero-order valence-corrected chi connectivity index (χ0v) is 8.42. The zero-order chi connectivity index (χ0) is 11.3. The van der Waals surface area contributed by atoms with Gasteiger partial charge in [-0.1, -0.05) is 0 Å². The maximum Gasteiger partial charge on any atom is 0.257 e. The van der Waals surface area contributed by atoms with Crippen LogP contribution in [0.15, 0.2) is 18.2 Å². The average molecular weight is 212 g/mol. The SMILES string of the molecule is CNC(=O)COc1ccc(F)cc1CN. The lowest BCUT2D eigenvalue weighted by molar-refractivity contribution is -0.122. The Kier molecular flexibility index (Phi) is 4.05. The van der Waals surface area contributed by atoms with Gasteiger partial charge in [0.15, 0.2) is 6.61 Å². The fourth-order valence-electron chi connectivity index (χ4n) is 1.06. The van der Waals surface area contributed by atoms with Crippen LogP contribution in [0.25, 0.3) is 0 Å². The molecule has 5 heteroatoms. The molecule has 0 aliphatic carbocycles. The normalized spacial score (nSPS) is 9.80. The summed E-state index contributed by atoms with van der Waals surface area (Å²) in [7, 11) is 1.51. The van der Waals surface area contributed by atoms with Crippen LogP contribution in [0.4, 0.5) is 4.39 Å². The molecule has 0 unspecified atom stereocenters. The van der Waals surface area contributed by atoms with Crippen molar-refractivity contribution in [2.75, 3.05) is 13.7 Å². The van der Waals surface area contributed by atoms with Crippen LogP contribution in [0.3, 0.4) is 0 Å². The number of hydrogen-bond acceptors (Lipinski definition) is 3. The van der Waals surface area contributed by atoms with E-state index in [1.54, 1.807) is 0 Å².